The van der Waals surface area contributed by atoms with Gasteiger partial charge in [-0.25, -0.2) is 4.39 Å². The van der Waals surface area contributed by atoms with Gasteiger partial charge < -0.3 is 0 Å². The second kappa shape index (κ2) is 5.95. The first-order valence-corrected chi connectivity index (χ1v) is 6.38. The highest BCUT2D eigenvalue weighted by atomic mass is 19.1. The predicted molar refractivity (Wildman–Crippen MR) is 76.1 cm³/mol. The Balaban J connectivity index is 2.27. The van der Waals surface area contributed by atoms with Crippen LogP contribution in [-0.2, 0) is 6.42 Å². The third-order valence-electron chi connectivity index (χ3n) is 3.34. The summed E-state index contributed by atoms with van der Waals surface area (Å²) < 4.78 is 13.4. The molecular formula is C16H19FN2. The van der Waals surface area contributed by atoms with Gasteiger partial charge in [-0.1, -0.05) is 35.9 Å². The first kappa shape index (κ1) is 13.7. The average Bonchev–Trinajstić information content (AvgIpc) is 2.39. The maximum Gasteiger partial charge on any atom is 0.123 e. The maximum absolute atomic E-state index is 13.4. The van der Waals surface area contributed by atoms with E-state index in [4.69, 9.17) is 5.84 Å². The Labute approximate surface area is 113 Å². The Bertz CT molecular complexity index is 566. The van der Waals surface area contributed by atoms with Gasteiger partial charge in [-0.2, -0.15) is 0 Å². The topological polar surface area (TPSA) is 38.0 Å². The first-order valence-electron chi connectivity index (χ1n) is 6.38. The molecule has 0 heterocycles. The minimum Gasteiger partial charge on any atom is -0.271 e. The number of hydrazine groups is 1. The zero-order valence-electron chi connectivity index (χ0n) is 11.3. The van der Waals surface area contributed by atoms with Crippen LogP contribution < -0.4 is 11.3 Å². The largest absolute Gasteiger partial charge is 0.271 e. The molecule has 100 valence electrons. The molecule has 0 amide bonds. The van der Waals surface area contributed by atoms with E-state index in [1.807, 2.05) is 13.0 Å². The Morgan fingerprint density at radius 3 is 2.63 bits per heavy atom. The van der Waals surface area contributed by atoms with Crippen LogP contribution in [-0.4, -0.2) is 0 Å². The molecule has 0 saturated carbocycles. The lowest BCUT2D eigenvalue weighted by molar-refractivity contribution is 0.541. The van der Waals surface area contributed by atoms with Gasteiger partial charge in [0.2, 0.25) is 0 Å². The fourth-order valence-electron chi connectivity index (χ4n) is 2.32. The molecule has 2 aromatic rings. The van der Waals surface area contributed by atoms with Crippen LogP contribution in [0.2, 0.25) is 0 Å². The monoisotopic (exact) mass is 258 g/mol. The Morgan fingerprint density at radius 1 is 1.16 bits per heavy atom. The summed E-state index contributed by atoms with van der Waals surface area (Å²) in [6, 6.07) is 13.0. The van der Waals surface area contributed by atoms with Crippen molar-refractivity contribution in [2.24, 2.45) is 5.84 Å². The van der Waals surface area contributed by atoms with Crippen molar-refractivity contribution in [3.05, 3.63) is 70.5 Å². The van der Waals surface area contributed by atoms with E-state index < -0.39 is 0 Å². The van der Waals surface area contributed by atoms with Crippen LogP contribution in [0.5, 0.6) is 0 Å². The summed E-state index contributed by atoms with van der Waals surface area (Å²) in [5.41, 5.74) is 7.13. The Hall–Kier alpha value is -1.71. The van der Waals surface area contributed by atoms with Gasteiger partial charge in [-0.3, -0.25) is 11.3 Å². The minimum absolute atomic E-state index is 0.0856. The van der Waals surface area contributed by atoms with Crippen LogP contribution in [0.15, 0.2) is 42.5 Å². The van der Waals surface area contributed by atoms with E-state index in [9.17, 15) is 4.39 Å². The van der Waals surface area contributed by atoms with E-state index in [1.54, 1.807) is 12.1 Å². The van der Waals surface area contributed by atoms with Crippen molar-refractivity contribution in [2.45, 2.75) is 26.3 Å². The molecule has 0 aromatic heterocycles. The van der Waals surface area contributed by atoms with Crippen molar-refractivity contribution < 1.29 is 4.39 Å². The zero-order valence-corrected chi connectivity index (χ0v) is 11.3. The second-order valence-electron chi connectivity index (χ2n) is 4.91. The number of benzene rings is 2. The average molecular weight is 258 g/mol. The Morgan fingerprint density at radius 2 is 1.95 bits per heavy atom. The van der Waals surface area contributed by atoms with Gasteiger partial charge in [0, 0.05) is 0 Å². The highest BCUT2D eigenvalue weighted by Crippen LogP contribution is 2.22. The van der Waals surface area contributed by atoms with Crippen molar-refractivity contribution >= 4 is 0 Å². The van der Waals surface area contributed by atoms with Gasteiger partial charge in [-0.05, 0) is 49.1 Å². The summed E-state index contributed by atoms with van der Waals surface area (Å²) in [5.74, 6) is 5.41. The van der Waals surface area contributed by atoms with E-state index in [-0.39, 0.29) is 11.9 Å². The quantitative estimate of drug-likeness (QED) is 0.653. The van der Waals surface area contributed by atoms with Crippen molar-refractivity contribution in [1.82, 2.24) is 5.43 Å². The van der Waals surface area contributed by atoms with Gasteiger partial charge >= 0.3 is 0 Å². The van der Waals surface area contributed by atoms with Crippen LogP contribution in [0.25, 0.3) is 0 Å². The van der Waals surface area contributed by atoms with Crippen molar-refractivity contribution in [3.8, 4) is 0 Å². The number of nitrogens with one attached hydrogen (secondary N) is 1. The number of aryl methyl sites for hydroxylation is 2. The normalized spacial score (nSPS) is 12.4. The summed E-state index contributed by atoms with van der Waals surface area (Å²) in [5, 5.41) is 0. The summed E-state index contributed by atoms with van der Waals surface area (Å²) in [6.07, 6.45) is 0.739. The van der Waals surface area contributed by atoms with Crippen LogP contribution in [0.1, 0.15) is 28.3 Å². The fourth-order valence-corrected chi connectivity index (χ4v) is 2.32. The molecule has 1 atom stereocenters. The first-order chi connectivity index (χ1) is 9.10. The van der Waals surface area contributed by atoms with Crippen LogP contribution in [0.3, 0.4) is 0 Å². The molecule has 0 aliphatic rings. The van der Waals surface area contributed by atoms with E-state index in [1.165, 1.54) is 17.2 Å². The van der Waals surface area contributed by atoms with Gasteiger partial charge in [-0.15, -0.1) is 0 Å². The molecule has 0 bridgehead atoms. The number of rotatable bonds is 4. The van der Waals surface area contributed by atoms with Crippen molar-refractivity contribution in [2.75, 3.05) is 0 Å². The van der Waals surface area contributed by atoms with Crippen LogP contribution in [0.4, 0.5) is 4.39 Å². The van der Waals surface area contributed by atoms with E-state index in [2.05, 4.69) is 30.5 Å². The lowest BCUT2D eigenvalue weighted by atomic mass is 9.95. The van der Waals surface area contributed by atoms with E-state index in [0.717, 1.165) is 17.5 Å². The summed E-state index contributed by atoms with van der Waals surface area (Å²) in [6.45, 7) is 4.02. The molecule has 2 nitrogen and oxygen atoms in total. The molecule has 0 fully saturated rings. The van der Waals surface area contributed by atoms with Crippen molar-refractivity contribution in [3.63, 3.8) is 0 Å². The van der Waals surface area contributed by atoms with Crippen molar-refractivity contribution in [1.29, 1.82) is 0 Å². The third kappa shape index (κ3) is 3.40. The molecule has 3 heteroatoms. The minimum atomic E-state index is -0.231. The summed E-state index contributed by atoms with van der Waals surface area (Å²) in [7, 11) is 0. The molecule has 0 radical (unpaired) electrons. The van der Waals surface area contributed by atoms with Gasteiger partial charge in [0.1, 0.15) is 5.82 Å². The molecular weight excluding hydrogens is 239 g/mol. The van der Waals surface area contributed by atoms with Crippen LogP contribution in [0, 0.1) is 19.7 Å². The number of halogens is 1. The second-order valence-corrected chi connectivity index (χ2v) is 4.91. The summed E-state index contributed by atoms with van der Waals surface area (Å²) >= 11 is 0. The standard InChI is InChI=1S/C16H19FN2/c1-11-4-3-5-13(8-11)9-16(19-18)15-10-14(17)7-6-12(15)2/h3-8,10,16,19H,9,18H2,1-2H3. The highest BCUT2D eigenvalue weighted by Gasteiger charge is 2.14. The molecule has 0 spiro atoms. The Kier molecular flexibility index (Phi) is 4.30. The zero-order chi connectivity index (χ0) is 13.8. The molecule has 1 unspecified atom stereocenters. The molecule has 2 aromatic carbocycles. The van der Waals surface area contributed by atoms with Gasteiger partial charge in [0.25, 0.3) is 0 Å². The van der Waals surface area contributed by atoms with Gasteiger partial charge in [0.05, 0.1) is 6.04 Å². The fraction of sp³-hybridized carbons (Fsp3) is 0.250. The SMILES string of the molecule is Cc1cccc(CC(NN)c2cc(F)ccc2C)c1. The molecule has 3 N–H and O–H groups in total. The van der Waals surface area contributed by atoms with E-state index >= 15 is 0 Å². The number of hydrogen-bond acceptors (Lipinski definition) is 2. The lowest BCUT2D eigenvalue weighted by Gasteiger charge is -2.19. The molecule has 0 saturated heterocycles. The molecule has 0 aliphatic carbocycles. The maximum atomic E-state index is 13.4. The molecule has 2 rings (SSSR count). The third-order valence-corrected chi connectivity index (χ3v) is 3.34. The van der Waals surface area contributed by atoms with E-state index in [0.29, 0.717) is 0 Å². The predicted octanol–water partition coefficient (Wildman–Crippen LogP) is 3.19. The van der Waals surface area contributed by atoms with Gasteiger partial charge in [0.15, 0.2) is 0 Å². The number of nitrogens with two attached hydrogens (primary N) is 1. The highest BCUT2D eigenvalue weighted by molar-refractivity contribution is 5.32. The summed E-state index contributed by atoms with van der Waals surface area (Å²) in [4.78, 5) is 0. The molecule has 19 heavy (non-hydrogen) atoms. The lowest BCUT2D eigenvalue weighted by Crippen LogP contribution is -2.30. The molecule has 0 aliphatic heterocycles. The number of hydrogen-bond donors (Lipinski definition) is 2. The smallest absolute Gasteiger partial charge is 0.123 e. The van der Waals surface area contributed by atoms with Crippen LogP contribution >= 0.6 is 0 Å².